The molecule has 2 aromatic rings. The predicted octanol–water partition coefficient (Wildman–Crippen LogP) is 3.21. The van der Waals surface area contributed by atoms with Crippen molar-refractivity contribution in [1.82, 2.24) is 4.98 Å². The molecule has 21 heavy (non-hydrogen) atoms. The van der Waals surface area contributed by atoms with Gasteiger partial charge in [0.1, 0.15) is 0 Å². The molecule has 108 valence electrons. The van der Waals surface area contributed by atoms with E-state index in [-0.39, 0.29) is 5.56 Å². The van der Waals surface area contributed by atoms with Gasteiger partial charge in [-0.25, -0.2) is 9.59 Å². The van der Waals surface area contributed by atoms with E-state index in [1.54, 1.807) is 37.6 Å². The van der Waals surface area contributed by atoms with Crippen LogP contribution in [0.3, 0.4) is 0 Å². The number of halogens is 1. The third-order valence-electron chi connectivity index (χ3n) is 2.73. The van der Waals surface area contributed by atoms with E-state index in [4.69, 9.17) is 5.11 Å². The number of rotatable bonds is 3. The minimum Gasteiger partial charge on any atom is -0.478 e. The number of carboxylic acid groups (broad SMARTS) is 1. The van der Waals surface area contributed by atoms with Crippen LogP contribution in [0, 0.1) is 0 Å². The van der Waals surface area contributed by atoms with E-state index >= 15 is 0 Å². The molecule has 0 radical (unpaired) electrons. The Bertz CT molecular complexity index is 676. The van der Waals surface area contributed by atoms with Crippen molar-refractivity contribution >= 4 is 39.3 Å². The van der Waals surface area contributed by atoms with Crippen molar-refractivity contribution in [3.05, 3.63) is 52.8 Å². The van der Waals surface area contributed by atoms with Crippen LogP contribution >= 0.6 is 15.9 Å². The first kappa shape index (κ1) is 15.0. The fraction of sp³-hybridized carbons (Fsp3) is 0.0714. The van der Waals surface area contributed by atoms with Crippen molar-refractivity contribution < 1.29 is 14.7 Å². The molecule has 0 unspecified atom stereocenters. The van der Waals surface area contributed by atoms with Crippen LogP contribution in [0.1, 0.15) is 10.4 Å². The van der Waals surface area contributed by atoms with Crippen molar-refractivity contribution in [2.45, 2.75) is 0 Å². The number of amides is 2. The van der Waals surface area contributed by atoms with Crippen LogP contribution in [0.2, 0.25) is 0 Å². The monoisotopic (exact) mass is 349 g/mol. The normalized spacial score (nSPS) is 10.0. The van der Waals surface area contributed by atoms with Crippen molar-refractivity contribution in [1.29, 1.82) is 0 Å². The van der Waals surface area contributed by atoms with Gasteiger partial charge < -0.3 is 10.4 Å². The molecule has 0 aliphatic rings. The lowest BCUT2D eigenvalue weighted by Gasteiger charge is -2.17. The van der Waals surface area contributed by atoms with Gasteiger partial charge in [0.05, 0.1) is 17.4 Å². The topological polar surface area (TPSA) is 82.5 Å². The largest absolute Gasteiger partial charge is 0.478 e. The number of hydrogen-bond donors (Lipinski definition) is 2. The van der Waals surface area contributed by atoms with Gasteiger partial charge in [0, 0.05) is 23.4 Å². The number of aromatic carboxylic acids is 1. The lowest BCUT2D eigenvalue weighted by Crippen LogP contribution is -2.31. The number of carbonyl (C=O) groups excluding carboxylic acids is 1. The van der Waals surface area contributed by atoms with Crippen LogP contribution < -0.4 is 10.2 Å². The van der Waals surface area contributed by atoms with Gasteiger partial charge >= 0.3 is 12.0 Å². The third-order valence-corrected chi connectivity index (χ3v) is 3.19. The number of hydrogen-bond acceptors (Lipinski definition) is 3. The first-order valence-corrected chi connectivity index (χ1v) is 6.75. The smallest absolute Gasteiger partial charge is 0.335 e. The highest BCUT2D eigenvalue weighted by atomic mass is 79.9. The SMILES string of the molecule is CN(C(=O)Nc1cc(Br)cc(C(=O)O)c1)c1cccnc1. The van der Waals surface area contributed by atoms with Crippen LogP contribution in [0.15, 0.2) is 47.2 Å². The Balaban J connectivity index is 2.18. The number of carbonyl (C=O) groups is 2. The van der Waals surface area contributed by atoms with Gasteiger partial charge in [-0.15, -0.1) is 0 Å². The summed E-state index contributed by atoms with van der Waals surface area (Å²) in [4.78, 5) is 28.4. The van der Waals surface area contributed by atoms with Gasteiger partial charge in [0.15, 0.2) is 0 Å². The zero-order valence-electron chi connectivity index (χ0n) is 11.1. The van der Waals surface area contributed by atoms with E-state index in [1.807, 2.05) is 0 Å². The third kappa shape index (κ3) is 3.79. The Morgan fingerprint density at radius 3 is 2.71 bits per heavy atom. The van der Waals surface area contributed by atoms with Gasteiger partial charge in [0.25, 0.3) is 0 Å². The molecular weight excluding hydrogens is 338 g/mol. The van der Waals surface area contributed by atoms with Crippen molar-refractivity contribution in [3.8, 4) is 0 Å². The van der Waals surface area contributed by atoms with Gasteiger partial charge in [-0.2, -0.15) is 0 Å². The van der Waals surface area contributed by atoms with Crippen LogP contribution in [-0.2, 0) is 0 Å². The number of carboxylic acids is 1. The molecule has 0 saturated heterocycles. The summed E-state index contributed by atoms with van der Waals surface area (Å²) in [6.45, 7) is 0. The molecule has 1 aromatic heterocycles. The van der Waals surface area contributed by atoms with Crippen LogP contribution in [0.5, 0.6) is 0 Å². The van der Waals surface area contributed by atoms with Gasteiger partial charge in [-0.3, -0.25) is 9.88 Å². The zero-order chi connectivity index (χ0) is 15.4. The minimum absolute atomic E-state index is 0.0868. The number of pyridine rings is 1. The summed E-state index contributed by atoms with van der Waals surface area (Å²) in [6.07, 6.45) is 3.17. The molecule has 0 bridgehead atoms. The first-order chi connectivity index (χ1) is 9.97. The number of anilines is 2. The molecule has 0 spiro atoms. The number of benzene rings is 1. The zero-order valence-corrected chi connectivity index (χ0v) is 12.7. The Morgan fingerprint density at radius 2 is 2.10 bits per heavy atom. The van der Waals surface area contributed by atoms with E-state index in [2.05, 4.69) is 26.2 Å². The number of urea groups is 1. The molecule has 0 atom stereocenters. The average molecular weight is 350 g/mol. The number of aromatic nitrogens is 1. The van der Waals surface area contributed by atoms with Gasteiger partial charge in [-0.1, -0.05) is 15.9 Å². The maximum Gasteiger partial charge on any atom is 0.335 e. The molecule has 6 nitrogen and oxygen atoms in total. The second-order valence-electron chi connectivity index (χ2n) is 4.23. The summed E-state index contributed by atoms with van der Waals surface area (Å²) in [7, 11) is 1.60. The van der Waals surface area contributed by atoms with Crippen molar-refractivity contribution in [2.24, 2.45) is 0 Å². The summed E-state index contributed by atoms with van der Waals surface area (Å²) < 4.78 is 0.571. The highest BCUT2D eigenvalue weighted by Crippen LogP contribution is 2.20. The van der Waals surface area contributed by atoms with Crippen molar-refractivity contribution in [2.75, 3.05) is 17.3 Å². The second-order valence-corrected chi connectivity index (χ2v) is 5.15. The average Bonchev–Trinajstić information content (AvgIpc) is 2.46. The van der Waals surface area contributed by atoms with Crippen LogP contribution in [0.25, 0.3) is 0 Å². The number of nitrogens with zero attached hydrogens (tertiary/aromatic N) is 2. The summed E-state index contributed by atoms with van der Waals surface area (Å²) >= 11 is 3.21. The first-order valence-electron chi connectivity index (χ1n) is 5.96. The van der Waals surface area contributed by atoms with Crippen LogP contribution in [-0.4, -0.2) is 29.1 Å². The molecule has 1 heterocycles. The van der Waals surface area contributed by atoms with Gasteiger partial charge in [0.2, 0.25) is 0 Å². The Kier molecular flexibility index (Phi) is 4.54. The molecule has 7 heteroatoms. The van der Waals surface area contributed by atoms with Gasteiger partial charge in [-0.05, 0) is 30.3 Å². The summed E-state index contributed by atoms with van der Waals surface area (Å²) in [6, 6.07) is 7.56. The minimum atomic E-state index is -1.06. The Labute approximate surface area is 129 Å². The van der Waals surface area contributed by atoms with E-state index in [0.29, 0.717) is 15.8 Å². The summed E-state index contributed by atoms with van der Waals surface area (Å²) in [5, 5.41) is 11.6. The molecule has 0 aliphatic heterocycles. The molecule has 2 amide bonds. The molecule has 0 fully saturated rings. The molecule has 0 aliphatic carbocycles. The molecular formula is C14H12BrN3O3. The van der Waals surface area contributed by atoms with E-state index in [1.165, 1.54) is 17.0 Å². The predicted molar refractivity (Wildman–Crippen MR) is 82.8 cm³/mol. The standard InChI is InChI=1S/C14H12BrN3O3/c1-18(12-3-2-4-16-8-12)14(21)17-11-6-9(13(19)20)5-10(15)7-11/h2-8H,1H3,(H,17,21)(H,19,20). The molecule has 0 saturated carbocycles. The van der Waals surface area contributed by atoms with E-state index in [9.17, 15) is 9.59 Å². The maximum atomic E-state index is 12.1. The van der Waals surface area contributed by atoms with Crippen LogP contribution in [0.4, 0.5) is 16.2 Å². The number of nitrogens with one attached hydrogen (secondary N) is 1. The quantitative estimate of drug-likeness (QED) is 0.891. The Morgan fingerprint density at radius 1 is 1.33 bits per heavy atom. The molecule has 1 aromatic carbocycles. The summed E-state index contributed by atoms with van der Waals surface area (Å²) in [5.41, 5.74) is 1.11. The lowest BCUT2D eigenvalue weighted by molar-refractivity contribution is 0.0697. The van der Waals surface area contributed by atoms with Crippen molar-refractivity contribution in [3.63, 3.8) is 0 Å². The second kappa shape index (κ2) is 6.36. The molecule has 2 rings (SSSR count). The summed E-state index contributed by atoms with van der Waals surface area (Å²) in [5.74, 6) is -1.06. The highest BCUT2D eigenvalue weighted by molar-refractivity contribution is 9.10. The Hall–Kier alpha value is -2.41. The van der Waals surface area contributed by atoms with E-state index < -0.39 is 12.0 Å². The highest BCUT2D eigenvalue weighted by Gasteiger charge is 2.13. The van der Waals surface area contributed by atoms with E-state index in [0.717, 1.165) is 0 Å². The molecule has 2 N–H and O–H groups in total. The fourth-order valence-electron chi connectivity index (χ4n) is 1.66. The maximum absolute atomic E-state index is 12.1. The fourth-order valence-corrected chi connectivity index (χ4v) is 2.16. The lowest BCUT2D eigenvalue weighted by atomic mass is 10.2.